The average molecular weight is 378 g/mol. The Morgan fingerprint density at radius 1 is 1.16 bits per heavy atom. The fourth-order valence-electron chi connectivity index (χ4n) is 2.61. The Labute approximate surface area is 156 Å². The summed E-state index contributed by atoms with van der Waals surface area (Å²) in [5.74, 6) is -0.222. The third-order valence-corrected chi connectivity index (χ3v) is 4.57. The van der Waals surface area contributed by atoms with Gasteiger partial charge in [0.25, 0.3) is 0 Å². The molecule has 130 valence electrons. The Morgan fingerprint density at radius 3 is 2.56 bits per heavy atom. The van der Waals surface area contributed by atoms with Gasteiger partial charge in [-0.1, -0.05) is 35.3 Å². The molecule has 6 heteroatoms. The van der Waals surface area contributed by atoms with Crippen molar-refractivity contribution in [3.63, 3.8) is 0 Å². The van der Waals surface area contributed by atoms with Crippen LogP contribution in [0.25, 0.3) is 5.69 Å². The van der Waals surface area contributed by atoms with Gasteiger partial charge in [-0.2, -0.15) is 5.10 Å². The number of aromatic nitrogens is 2. The van der Waals surface area contributed by atoms with Gasteiger partial charge in [0.1, 0.15) is 5.82 Å². The van der Waals surface area contributed by atoms with Crippen LogP contribution < -0.4 is 5.73 Å². The molecule has 25 heavy (non-hydrogen) atoms. The molecule has 1 unspecified atom stereocenters. The fraction of sp³-hybridized carbons (Fsp3) is 0.211. The van der Waals surface area contributed by atoms with E-state index in [2.05, 4.69) is 5.10 Å². The summed E-state index contributed by atoms with van der Waals surface area (Å²) >= 11 is 12.3. The number of aryl methyl sites for hydroxylation is 1. The van der Waals surface area contributed by atoms with E-state index < -0.39 is 0 Å². The first-order chi connectivity index (χ1) is 11.8. The van der Waals surface area contributed by atoms with E-state index in [1.165, 1.54) is 0 Å². The lowest BCUT2D eigenvalue weighted by Crippen LogP contribution is -2.07. The predicted octanol–water partition coefficient (Wildman–Crippen LogP) is 5.24. The molecule has 2 N–H and O–H groups in total. The zero-order valence-electron chi connectivity index (χ0n) is 13.9. The van der Waals surface area contributed by atoms with E-state index >= 15 is 0 Å². The van der Waals surface area contributed by atoms with Crippen LogP contribution in [0.1, 0.15) is 35.5 Å². The summed E-state index contributed by atoms with van der Waals surface area (Å²) in [7, 11) is 0. The Bertz CT molecular complexity index is 919. The van der Waals surface area contributed by atoms with Gasteiger partial charge in [-0.25, -0.2) is 9.07 Å². The zero-order valence-corrected chi connectivity index (χ0v) is 15.4. The molecule has 0 spiro atoms. The largest absolute Gasteiger partial charge is 0.323 e. The molecule has 1 atom stereocenters. The number of rotatable bonds is 4. The van der Waals surface area contributed by atoms with Crippen molar-refractivity contribution in [2.45, 2.75) is 26.3 Å². The topological polar surface area (TPSA) is 43.8 Å². The summed E-state index contributed by atoms with van der Waals surface area (Å²) in [6, 6.07) is 12.2. The summed E-state index contributed by atoms with van der Waals surface area (Å²) in [4.78, 5) is 0. The van der Waals surface area contributed by atoms with Gasteiger partial charge in [0.15, 0.2) is 0 Å². The summed E-state index contributed by atoms with van der Waals surface area (Å²) in [5.41, 5.74) is 9.78. The Balaban J connectivity index is 2.07. The van der Waals surface area contributed by atoms with Crippen LogP contribution in [0.2, 0.25) is 10.0 Å². The fourth-order valence-corrected chi connectivity index (χ4v) is 3.09. The highest BCUT2D eigenvalue weighted by Crippen LogP contribution is 2.27. The highest BCUT2D eigenvalue weighted by atomic mass is 35.5. The van der Waals surface area contributed by atoms with Crippen molar-refractivity contribution in [1.29, 1.82) is 0 Å². The molecule has 0 saturated carbocycles. The van der Waals surface area contributed by atoms with Gasteiger partial charge < -0.3 is 5.73 Å². The van der Waals surface area contributed by atoms with Crippen LogP contribution >= 0.6 is 23.2 Å². The van der Waals surface area contributed by atoms with Gasteiger partial charge in [-0.05, 0) is 55.3 Å². The van der Waals surface area contributed by atoms with Gasteiger partial charge in [-0.15, -0.1) is 0 Å². The number of nitrogens with zero attached hydrogens (tertiary/aromatic N) is 2. The molecule has 3 nitrogen and oxygen atoms in total. The lowest BCUT2D eigenvalue weighted by Gasteiger charge is -2.10. The lowest BCUT2D eigenvalue weighted by atomic mass is 10.1. The van der Waals surface area contributed by atoms with Crippen molar-refractivity contribution in [2.75, 3.05) is 0 Å². The summed E-state index contributed by atoms with van der Waals surface area (Å²) in [6.07, 6.45) is 0.510. The minimum absolute atomic E-state index is 0.221. The van der Waals surface area contributed by atoms with Crippen molar-refractivity contribution in [3.05, 3.63) is 80.8 Å². The van der Waals surface area contributed by atoms with Gasteiger partial charge in [0.2, 0.25) is 0 Å². The normalized spacial score (nSPS) is 12.4. The third-order valence-electron chi connectivity index (χ3n) is 4.03. The van der Waals surface area contributed by atoms with Gasteiger partial charge in [0, 0.05) is 23.2 Å². The number of benzene rings is 2. The van der Waals surface area contributed by atoms with Gasteiger partial charge >= 0.3 is 0 Å². The first kappa shape index (κ1) is 17.9. The van der Waals surface area contributed by atoms with Crippen molar-refractivity contribution in [2.24, 2.45) is 5.73 Å². The maximum atomic E-state index is 13.9. The molecule has 0 radical (unpaired) electrons. The number of hydrogen-bond donors (Lipinski definition) is 1. The molecule has 0 amide bonds. The second-order valence-electron chi connectivity index (χ2n) is 6.12. The summed E-state index contributed by atoms with van der Waals surface area (Å²) in [6.45, 7) is 3.61. The smallest absolute Gasteiger partial charge is 0.126 e. The van der Waals surface area contributed by atoms with Crippen LogP contribution in [0.15, 0.2) is 42.5 Å². The van der Waals surface area contributed by atoms with Crippen LogP contribution in [-0.2, 0) is 6.42 Å². The van der Waals surface area contributed by atoms with Crippen LogP contribution in [0.4, 0.5) is 4.39 Å². The summed E-state index contributed by atoms with van der Waals surface area (Å²) < 4.78 is 15.6. The molecule has 2 aromatic carbocycles. The first-order valence-electron chi connectivity index (χ1n) is 7.90. The number of hydrogen-bond acceptors (Lipinski definition) is 2. The Kier molecular flexibility index (Phi) is 5.13. The Morgan fingerprint density at radius 2 is 1.92 bits per heavy atom. The highest BCUT2D eigenvalue weighted by molar-refractivity contribution is 6.35. The number of halogens is 3. The van der Waals surface area contributed by atoms with E-state index in [1.54, 1.807) is 35.9 Å². The van der Waals surface area contributed by atoms with Crippen LogP contribution in [0, 0.1) is 12.7 Å². The molecular formula is C19H18Cl2FN3. The van der Waals surface area contributed by atoms with Crippen LogP contribution in [-0.4, -0.2) is 9.78 Å². The van der Waals surface area contributed by atoms with Crippen molar-refractivity contribution in [3.8, 4) is 5.69 Å². The van der Waals surface area contributed by atoms with Crippen molar-refractivity contribution < 1.29 is 4.39 Å². The van der Waals surface area contributed by atoms with E-state index in [0.717, 1.165) is 17.0 Å². The Hall–Kier alpha value is -1.88. The monoisotopic (exact) mass is 377 g/mol. The molecule has 3 aromatic rings. The molecule has 0 aliphatic carbocycles. The second kappa shape index (κ2) is 7.16. The second-order valence-corrected chi connectivity index (χ2v) is 6.96. The quantitative estimate of drug-likeness (QED) is 0.675. The minimum Gasteiger partial charge on any atom is -0.323 e. The zero-order chi connectivity index (χ0) is 18.1. The maximum absolute atomic E-state index is 13.9. The van der Waals surface area contributed by atoms with E-state index in [-0.39, 0.29) is 11.9 Å². The highest BCUT2D eigenvalue weighted by Gasteiger charge is 2.15. The number of nitrogens with two attached hydrogens (primary N) is 1. The maximum Gasteiger partial charge on any atom is 0.126 e. The van der Waals surface area contributed by atoms with E-state index in [1.807, 2.05) is 25.1 Å². The molecule has 0 aliphatic heterocycles. The van der Waals surface area contributed by atoms with Crippen LogP contribution in [0.3, 0.4) is 0 Å². The average Bonchev–Trinajstić information content (AvgIpc) is 2.95. The molecule has 0 saturated heterocycles. The molecule has 0 aliphatic rings. The molecule has 3 rings (SSSR count). The van der Waals surface area contributed by atoms with E-state index in [0.29, 0.717) is 27.7 Å². The predicted molar refractivity (Wildman–Crippen MR) is 100 cm³/mol. The minimum atomic E-state index is -0.222. The molecular weight excluding hydrogens is 360 g/mol. The molecule has 1 aromatic heterocycles. The van der Waals surface area contributed by atoms with Gasteiger partial charge in [-0.3, -0.25) is 0 Å². The first-order valence-corrected chi connectivity index (χ1v) is 8.65. The van der Waals surface area contributed by atoms with E-state index in [4.69, 9.17) is 28.9 Å². The van der Waals surface area contributed by atoms with E-state index in [9.17, 15) is 4.39 Å². The standard InChI is InChI=1S/C19H18Cl2FN3/c1-11-3-4-13(8-17(11)22)7-15-10-18(12(2)23)24-25(15)19-6-5-14(20)9-16(19)21/h3-6,8-10,12H,7,23H2,1-2H3. The van der Waals surface area contributed by atoms with Crippen LogP contribution in [0.5, 0.6) is 0 Å². The molecule has 1 heterocycles. The van der Waals surface area contributed by atoms with Gasteiger partial charge in [0.05, 0.1) is 16.4 Å². The van der Waals surface area contributed by atoms with Crippen molar-refractivity contribution in [1.82, 2.24) is 9.78 Å². The third kappa shape index (κ3) is 3.87. The SMILES string of the molecule is Cc1ccc(Cc2cc(C(C)N)nn2-c2ccc(Cl)cc2Cl)cc1F. The molecule has 0 fully saturated rings. The summed E-state index contributed by atoms with van der Waals surface area (Å²) in [5, 5.41) is 5.62. The molecule has 0 bridgehead atoms. The lowest BCUT2D eigenvalue weighted by molar-refractivity contribution is 0.616. The van der Waals surface area contributed by atoms with Crippen molar-refractivity contribution >= 4 is 23.2 Å².